The van der Waals surface area contributed by atoms with Gasteiger partial charge in [0.15, 0.2) is 0 Å². The summed E-state index contributed by atoms with van der Waals surface area (Å²) >= 11 is 0. The molecule has 0 radical (unpaired) electrons. The van der Waals surface area contributed by atoms with Gasteiger partial charge in [0.1, 0.15) is 42.7 Å². The van der Waals surface area contributed by atoms with E-state index in [-0.39, 0.29) is 13.0 Å². The van der Waals surface area contributed by atoms with Crippen LogP contribution in [0.1, 0.15) is 174 Å². The average molecular weight is 833 g/mol. The normalized spacial score (nSPS) is 23.2. The van der Waals surface area contributed by atoms with E-state index in [0.29, 0.717) is 13.0 Å². The van der Waals surface area contributed by atoms with Crippen molar-refractivity contribution in [3.05, 3.63) is 36.5 Å². The first kappa shape index (κ1) is 53.6. The number of carbonyl (C=O) groups is 1. The van der Waals surface area contributed by atoms with Crippen molar-refractivity contribution >= 4 is 13.8 Å². The van der Waals surface area contributed by atoms with Crippen molar-refractivity contribution in [1.29, 1.82) is 0 Å². The smallest absolute Gasteiger partial charge is 0.457 e. The standard InChI is InChI=1S/C44H81O12P/c1-3-5-7-9-11-13-15-17-19-20-22-24-26-28-30-32-34-53-35-37(36-54-57(51,52)56-44-42(49)40(47)39(46)41(48)43(44)50)55-38(45)33-31-29-27-25-23-21-18-16-14-12-10-8-6-4-2/h5,7,11,13,17,19,37,39-44,46-50H,3-4,6,8-10,12,14-16,18,20-36H2,1-2H3,(H,51,52)/b7-5-,13-11-,19-17-. The van der Waals surface area contributed by atoms with Gasteiger partial charge >= 0.3 is 13.8 Å². The van der Waals surface area contributed by atoms with Crippen LogP contribution in [-0.4, -0.2) is 98.9 Å². The van der Waals surface area contributed by atoms with Crippen LogP contribution in [0.3, 0.4) is 0 Å². The molecule has 6 atom stereocenters. The predicted octanol–water partition coefficient (Wildman–Crippen LogP) is 8.70. The third kappa shape index (κ3) is 27.9. The van der Waals surface area contributed by atoms with E-state index in [1.54, 1.807) is 0 Å². The molecule has 6 unspecified atom stereocenters. The van der Waals surface area contributed by atoms with Gasteiger partial charge in [0.2, 0.25) is 0 Å². The van der Waals surface area contributed by atoms with E-state index in [1.807, 2.05) is 0 Å². The van der Waals surface area contributed by atoms with Crippen LogP contribution >= 0.6 is 7.82 Å². The van der Waals surface area contributed by atoms with Gasteiger partial charge in [-0.05, 0) is 44.9 Å². The SMILES string of the molecule is CC/C=C\C/C=C\C/C=C\CCCCCCCCOCC(COP(=O)(O)OC1C(O)C(O)C(O)C(O)C1O)OC(=O)CCCCCCCCCCCCCCCC. The fourth-order valence-corrected chi connectivity index (χ4v) is 7.70. The van der Waals surface area contributed by atoms with E-state index in [2.05, 4.69) is 50.3 Å². The first-order valence-corrected chi connectivity index (χ1v) is 23.8. The number of hydrogen-bond acceptors (Lipinski definition) is 11. The molecular formula is C44H81O12P. The summed E-state index contributed by atoms with van der Waals surface area (Å²) in [6, 6.07) is 0. The number of rotatable bonds is 37. The van der Waals surface area contributed by atoms with Crippen molar-refractivity contribution in [2.45, 2.75) is 217 Å². The molecular weight excluding hydrogens is 751 g/mol. The molecule has 6 N–H and O–H groups in total. The molecule has 0 spiro atoms. The first-order valence-electron chi connectivity index (χ1n) is 22.3. The molecule has 0 aromatic carbocycles. The Morgan fingerprint density at radius 2 is 1.04 bits per heavy atom. The van der Waals surface area contributed by atoms with E-state index in [1.165, 1.54) is 64.2 Å². The maximum atomic E-state index is 12.8. The molecule has 57 heavy (non-hydrogen) atoms. The molecule has 1 fully saturated rings. The molecule has 334 valence electrons. The van der Waals surface area contributed by atoms with Gasteiger partial charge in [-0.3, -0.25) is 13.8 Å². The summed E-state index contributed by atoms with van der Waals surface area (Å²) in [6.07, 6.45) is 27.8. The second-order valence-electron chi connectivity index (χ2n) is 15.5. The number of ether oxygens (including phenoxy) is 2. The molecule has 1 rings (SSSR count). The van der Waals surface area contributed by atoms with Crippen molar-refractivity contribution in [2.24, 2.45) is 0 Å². The van der Waals surface area contributed by atoms with Gasteiger partial charge in [0, 0.05) is 13.0 Å². The number of aliphatic hydroxyl groups is 5. The monoisotopic (exact) mass is 833 g/mol. The van der Waals surface area contributed by atoms with Crippen LogP contribution < -0.4 is 0 Å². The van der Waals surface area contributed by atoms with Crippen molar-refractivity contribution in [3.63, 3.8) is 0 Å². The Bertz CT molecular complexity index is 1090. The average Bonchev–Trinajstić information content (AvgIpc) is 3.19. The van der Waals surface area contributed by atoms with E-state index in [9.17, 15) is 39.8 Å². The zero-order chi connectivity index (χ0) is 42.0. The van der Waals surface area contributed by atoms with Crippen LogP contribution in [0.5, 0.6) is 0 Å². The van der Waals surface area contributed by atoms with Gasteiger partial charge in [0.05, 0.1) is 13.2 Å². The summed E-state index contributed by atoms with van der Waals surface area (Å²) < 4.78 is 34.1. The Morgan fingerprint density at radius 3 is 1.58 bits per heavy atom. The van der Waals surface area contributed by atoms with Crippen LogP contribution in [0, 0.1) is 0 Å². The molecule has 0 amide bonds. The summed E-state index contributed by atoms with van der Waals surface area (Å²) in [5.41, 5.74) is 0. The molecule has 0 aliphatic heterocycles. The van der Waals surface area contributed by atoms with E-state index in [4.69, 9.17) is 18.5 Å². The lowest BCUT2D eigenvalue weighted by molar-refractivity contribution is -0.220. The van der Waals surface area contributed by atoms with Gasteiger partial charge in [-0.2, -0.15) is 0 Å². The third-order valence-corrected chi connectivity index (χ3v) is 11.3. The number of carbonyl (C=O) groups excluding carboxylic acids is 1. The van der Waals surface area contributed by atoms with E-state index >= 15 is 0 Å². The lowest BCUT2D eigenvalue weighted by Gasteiger charge is -2.41. The van der Waals surface area contributed by atoms with Crippen molar-refractivity contribution in [1.82, 2.24) is 0 Å². The number of hydrogen-bond donors (Lipinski definition) is 6. The van der Waals surface area contributed by atoms with Crippen LogP contribution in [0.4, 0.5) is 0 Å². The van der Waals surface area contributed by atoms with Gasteiger partial charge in [0.25, 0.3) is 0 Å². The number of unbranched alkanes of at least 4 members (excludes halogenated alkanes) is 19. The number of esters is 1. The lowest BCUT2D eigenvalue weighted by Crippen LogP contribution is -2.64. The maximum absolute atomic E-state index is 12.8. The Morgan fingerprint density at radius 1 is 0.579 bits per heavy atom. The summed E-state index contributed by atoms with van der Waals surface area (Å²) in [6.45, 7) is 4.12. The highest BCUT2D eigenvalue weighted by Crippen LogP contribution is 2.47. The largest absolute Gasteiger partial charge is 0.472 e. The summed E-state index contributed by atoms with van der Waals surface area (Å²) in [5.74, 6) is -0.482. The second kappa shape index (κ2) is 35.3. The zero-order valence-electron chi connectivity index (χ0n) is 35.4. The second-order valence-corrected chi connectivity index (χ2v) is 16.9. The number of phosphoric ester groups is 1. The van der Waals surface area contributed by atoms with E-state index < -0.39 is 63.1 Å². The molecule has 0 heterocycles. The molecule has 1 aliphatic rings. The van der Waals surface area contributed by atoms with Crippen molar-refractivity contribution < 1.29 is 58.3 Å². The Hall–Kier alpha value is -1.44. The minimum atomic E-state index is -5.02. The minimum absolute atomic E-state index is 0.0836. The van der Waals surface area contributed by atoms with Crippen LogP contribution in [0.15, 0.2) is 36.5 Å². The molecule has 0 saturated heterocycles. The van der Waals surface area contributed by atoms with Crippen molar-refractivity contribution in [2.75, 3.05) is 19.8 Å². The fourth-order valence-electron chi connectivity index (χ4n) is 6.72. The zero-order valence-corrected chi connectivity index (χ0v) is 36.3. The summed E-state index contributed by atoms with van der Waals surface area (Å²) in [5, 5.41) is 50.1. The lowest BCUT2D eigenvalue weighted by atomic mass is 9.85. The Labute approximate surface area is 344 Å². The first-order chi connectivity index (χ1) is 27.5. The van der Waals surface area contributed by atoms with Crippen LogP contribution in [-0.2, 0) is 27.9 Å². The van der Waals surface area contributed by atoms with Gasteiger partial charge in [-0.15, -0.1) is 0 Å². The molecule has 0 aromatic heterocycles. The van der Waals surface area contributed by atoms with E-state index in [0.717, 1.165) is 83.5 Å². The molecule has 1 saturated carbocycles. The minimum Gasteiger partial charge on any atom is -0.457 e. The fraction of sp³-hybridized carbons (Fsp3) is 0.841. The molecule has 13 heteroatoms. The third-order valence-electron chi connectivity index (χ3n) is 10.3. The van der Waals surface area contributed by atoms with Crippen LogP contribution in [0.25, 0.3) is 0 Å². The number of aliphatic hydroxyl groups excluding tert-OH is 5. The number of allylic oxidation sites excluding steroid dienone is 6. The van der Waals surface area contributed by atoms with Crippen molar-refractivity contribution in [3.8, 4) is 0 Å². The maximum Gasteiger partial charge on any atom is 0.472 e. The quantitative estimate of drug-likeness (QED) is 0.0151. The molecule has 1 aliphatic carbocycles. The topological polar surface area (TPSA) is 192 Å². The molecule has 12 nitrogen and oxygen atoms in total. The van der Waals surface area contributed by atoms with Gasteiger partial charge in [-0.1, -0.05) is 159 Å². The Balaban J connectivity index is 2.42. The highest BCUT2D eigenvalue weighted by molar-refractivity contribution is 7.47. The molecule has 0 bridgehead atoms. The van der Waals surface area contributed by atoms with Gasteiger partial charge < -0.3 is 39.9 Å². The summed E-state index contributed by atoms with van der Waals surface area (Å²) in [7, 11) is -5.02. The Kier molecular flexibility index (Phi) is 33.2. The predicted molar refractivity (Wildman–Crippen MR) is 226 cm³/mol. The highest BCUT2D eigenvalue weighted by Gasteiger charge is 2.51. The number of phosphoric acid groups is 1. The van der Waals surface area contributed by atoms with Crippen LogP contribution in [0.2, 0.25) is 0 Å². The van der Waals surface area contributed by atoms with Gasteiger partial charge in [-0.25, -0.2) is 4.57 Å². The highest BCUT2D eigenvalue weighted by atomic mass is 31.2. The molecule has 0 aromatic rings. The summed E-state index contributed by atoms with van der Waals surface area (Å²) in [4.78, 5) is 23.1.